The molecule has 1 aliphatic rings. The molecular weight excluding hydrogens is 352 g/mol. The number of benzene rings is 1. The molecule has 2 unspecified atom stereocenters. The molecule has 0 radical (unpaired) electrons. The van der Waals surface area contributed by atoms with Gasteiger partial charge in [-0.3, -0.25) is 9.69 Å². The molecule has 2 aromatic rings. The summed E-state index contributed by atoms with van der Waals surface area (Å²) in [6.07, 6.45) is 1.52. The Morgan fingerprint density at radius 2 is 2.15 bits per heavy atom. The summed E-state index contributed by atoms with van der Waals surface area (Å²) in [7, 11) is 0. The highest BCUT2D eigenvalue weighted by Crippen LogP contribution is 2.30. The zero-order valence-corrected chi connectivity index (χ0v) is 15.6. The largest absolute Gasteiger partial charge is 0.481 e. The van der Waals surface area contributed by atoms with Gasteiger partial charge in [-0.25, -0.2) is 0 Å². The van der Waals surface area contributed by atoms with Crippen LogP contribution in [0.3, 0.4) is 0 Å². The molecule has 1 saturated heterocycles. The number of halogens is 1. The number of piperidine rings is 1. The minimum atomic E-state index is -0.749. The van der Waals surface area contributed by atoms with Crippen molar-refractivity contribution >= 4 is 17.6 Å². The molecule has 138 valence electrons. The molecule has 1 N–H and O–H groups in total. The molecule has 26 heavy (non-hydrogen) atoms. The highest BCUT2D eigenvalue weighted by atomic mass is 35.5. The van der Waals surface area contributed by atoms with Gasteiger partial charge in [0.15, 0.2) is 5.76 Å². The lowest BCUT2D eigenvalue weighted by atomic mass is 9.84. The highest BCUT2D eigenvalue weighted by Gasteiger charge is 2.32. The van der Waals surface area contributed by atoms with E-state index in [2.05, 4.69) is 23.6 Å². The number of carboxylic acid groups (broad SMARTS) is 1. The topological polar surface area (TPSA) is 66.6 Å². The molecule has 0 aliphatic carbocycles. The Balaban J connectivity index is 1.73. The van der Waals surface area contributed by atoms with Crippen LogP contribution in [0, 0.1) is 11.8 Å². The Morgan fingerprint density at radius 3 is 2.85 bits per heavy atom. The molecule has 0 spiro atoms. The summed E-state index contributed by atoms with van der Waals surface area (Å²) in [5.74, 6) is -0.217. The van der Waals surface area contributed by atoms with Crippen molar-refractivity contribution < 1.29 is 14.4 Å². The van der Waals surface area contributed by atoms with E-state index in [1.54, 1.807) is 0 Å². The maximum absolute atomic E-state index is 11.5. The van der Waals surface area contributed by atoms with Crippen molar-refractivity contribution in [1.29, 1.82) is 0 Å². The number of carbonyl (C=O) groups is 1. The predicted molar refractivity (Wildman–Crippen MR) is 101 cm³/mol. The highest BCUT2D eigenvalue weighted by molar-refractivity contribution is 6.30. The van der Waals surface area contributed by atoms with Gasteiger partial charge in [0.2, 0.25) is 0 Å². The maximum atomic E-state index is 11.5. The number of hydrogen-bond acceptors (Lipinski definition) is 4. The molecule has 6 heteroatoms. The molecule has 1 fully saturated rings. The summed E-state index contributed by atoms with van der Waals surface area (Å²) in [5.41, 5.74) is 2.73. The van der Waals surface area contributed by atoms with E-state index in [9.17, 15) is 9.90 Å². The van der Waals surface area contributed by atoms with E-state index in [4.69, 9.17) is 16.1 Å². The molecular formula is C20H23ClN2O3. The average Bonchev–Trinajstić information content (AvgIpc) is 3.09. The van der Waals surface area contributed by atoms with Crippen molar-refractivity contribution in [2.24, 2.45) is 11.8 Å². The Hall–Kier alpha value is -2.11. The van der Waals surface area contributed by atoms with Crippen LogP contribution in [0.15, 0.2) is 47.0 Å². The number of rotatable bonds is 6. The molecule has 0 amide bonds. The molecule has 0 bridgehead atoms. The zero-order chi connectivity index (χ0) is 18.7. The molecule has 1 aromatic carbocycles. The molecule has 2 heterocycles. The number of aromatic nitrogens is 1. The first kappa shape index (κ1) is 18.7. The van der Waals surface area contributed by atoms with Crippen LogP contribution in [0.5, 0.6) is 0 Å². The van der Waals surface area contributed by atoms with Gasteiger partial charge >= 0.3 is 5.97 Å². The number of nitrogens with zero attached hydrogens (tertiary/aromatic N) is 2. The van der Waals surface area contributed by atoms with E-state index in [0.717, 1.165) is 29.8 Å². The molecule has 3 rings (SSSR count). The fourth-order valence-electron chi connectivity index (χ4n) is 3.47. The quantitative estimate of drug-likeness (QED) is 0.755. The second kappa shape index (κ2) is 8.06. The lowest BCUT2D eigenvalue weighted by molar-refractivity contribution is -0.144. The fraction of sp³-hybridized carbons (Fsp3) is 0.400. The third-order valence-electron chi connectivity index (χ3n) is 4.97. The average molecular weight is 375 g/mol. The van der Waals surface area contributed by atoms with Crippen LogP contribution < -0.4 is 0 Å². The smallest absolute Gasteiger partial charge is 0.307 e. The number of hydrogen-bond donors (Lipinski definition) is 1. The monoisotopic (exact) mass is 374 g/mol. The number of likely N-dealkylation sites (tertiary alicyclic amines) is 1. The van der Waals surface area contributed by atoms with Gasteiger partial charge in [-0.1, -0.05) is 48.0 Å². The summed E-state index contributed by atoms with van der Waals surface area (Å²) in [4.78, 5) is 13.6. The Labute approximate surface area is 158 Å². The molecule has 2 atom stereocenters. The van der Waals surface area contributed by atoms with Crippen molar-refractivity contribution in [3.8, 4) is 11.3 Å². The zero-order valence-electron chi connectivity index (χ0n) is 14.8. The van der Waals surface area contributed by atoms with Crippen molar-refractivity contribution in [1.82, 2.24) is 10.1 Å². The van der Waals surface area contributed by atoms with Crippen LogP contribution in [-0.4, -0.2) is 34.2 Å². The van der Waals surface area contributed by atoms with E-state index < -0.39 is 5.97 Å². The van der Waals surface area contributed by atoms with Crippen molar-refractivity contribution in [3.05, 3.63) is 53.3 Å². The van der Waals surface area contributed by atoms with Gasteiger partial charge in [-0.05, 0) is 30.9 Å². The van der Waals surface area contributed by atoms with Gasteiger partial charge in [-0.2, -0.15) is 0 Å². The minimum Gasteiger partial charge on any atom is -0.481 e. The van der Waals surface area contributed by atoms with Gasteiger partial charge in [0, 0.05) is 29.7 Å². The van der Waals surface area contributed by atoms with E-state index in [-0.39, 0.29) is 11.8 Å². The molecule has 1 aliphatic heterocycles. The minimum absolute atomic E-state index is 0.199. The van der Waals surface area contributed by atoms with Crippen molar-refractivity contribution in [2.45, 2.75) is 26.3 Å². The third kappa shape index (κ3) is 4.34. The Kier molecular flexibility index (Phi) is 5.79. The second-order valence-electron chi connectivity index (χ2n) is 6.86. The lowest BCUT2D eigenvalue weighted by Gasteiger charge is -2.36. The Morgan fingerprint density at radius 1 is 1.38 bits per heavy atom. The van der Waals surface area contributed by atoms with E-state index in [1.165, 1.54) is 0 Å². The summed E-state index contributed by atoms with van der Waals surface area (Å²) in [6, 6.07) is 9.34. The van der Waals surface area contributed by atoms with Gasteiger partial charge < -0.3 is 9.63 Å². The predicted octanol–water partition coefficient (Wildman–Crippen LogP) is 4.48. The van der Waals surface area contributed by atoms with E-state index in [1.807, 2.05) is 30.3 Å². The van der Waals surface area contributed by atoms with Gasteiger partial charge in [-0.15, -0.1) is 0 Å². The van der Waals surface area contributed by atoms with E-state index in [0.29, 0.717) is 30.3 Å². The van der Waals surface area contributed by atoms with Gasteiger partial charge in [0.25, 0.3) is 0 Å². The van der Waals surface area contributed by atoms with Crippen LogP contribution in [0.4, 0.5) is 0 Å². The summed E-state index contributed by atoms with van der Waals surface area (Å²) < 4.78 is 5.47. The normalized spacial score (nSPS) is 20.8. The summed E-state index contributed by atoms with van der Waals surface area (Å²) in [5, 5.41) is 14.2. The third-order valence-corrected chi connectivity index (χ3v) is 5.20. The first-order chi connectivity index (χ1) is 12.5. The first-order valence-corrected chi connectivity index (χ1v) is 9.18. The molecule has 5 nitrogen and oxygen atoms in total. The second-order valence-corrected chi connectivity index (χ2v) is 7.30. The van der Waals surface area contributed by atoms with Crippen LogP contribution in [0.2, 0.25) is 5.02 Å². The fourth-order valence-corrected chi connectivity index (χ4v) is 3.66. The maximum Gasteiger partial charge on any atom is 0.307 e. The number of carboxylic acids is 1. The van der Waals surface area contributed by atoms with Crippen LogP contribution in [0.1, 0.15) is 25.5 Å². The van der Waals surface area contributed by atoms with Gasteiger partial charge in [0.05, 0.1) is 12.5 Å². The SMILES string of the molecule is C=C(CC)C1CC(C(=O)O)CN(Cc2cc(-c3cccc(Cl)c3)no2)C1. The van der Waals surface area contributed by atoms with Crippen molar-refractivity contribution in [2.75, 3.05) is 13.1 Å². The molecule has 1 aromatic heterocycles. The number of aliphatic carboxylic acids is 1. The van der Waals surface area contributed by atoms with Crippen LogP contribution >= 0.6 is 11.6 Å². The summed E-state index contributed by atoms with van der Waals surface area (Å²) >= 11 is 6.03. The van der Waals surface area contributed by atoms with Crippen molar-refractivity contribution in [3.63, 3.8) is 0 Å². The van der Waals surface area contributed by atoms with Crippen LogP contribution in [-0.2, 0) is 11.3 Å². The summed E-state index contributed by atoms with van der Waals surface area (Å²) in [6.45, 7) is 8.01. The Bertz CT molecular complexity index is 802. The standard InChI is InChI=1S/C20H23ClN2O3/c1-3-13(2)15-7-16(20(24)25)11-23(10-15)12-18-9-19(22-26-18)14-5-4-6-17(21)8-14/h4-6,8-9,15-16H,2-3,7,10-12H2,1H3,(H,24,25). The first-order valence-electron chi connectivity index (χ1n) is 8.80. The van der Waals surface area contributed by atoms with Gasteiger partial charge in [0.1, 0.15) is 5.69 Å². The van der Waals surface area contributed by atoms with E-state index >= 15 is 0 Å². The molecule has 0 saturated carbocycles. The lowest BCUT2D eigenvalue weighted by Crippen LogP contribution is -2.43. The van der Waals surface area contributed by atoms with Crippen LogP contribution in [0.25, 0.3) is 11.3 Å².